The molecule has 0 saturated heterocycles. The van der Waals surface area contributed by atoms with E-state index < -0.39 is 11.8 Å². The van der Waals surface area contributed by atoms with Crippen molar-refractivity contribution < 1.29 is 9.59 Å². The van der Waals surface area contributed by atoms with Crippen molar-refractivity contribution in [2.45, 2.75) is 24.3 Å². The van der Waals surface area contributed by atoms with E-state index in [0.29, 0.717) is 28.6 Å². The van der Waals surface area contributed by atoms with Gasteiger partial charge in [0.2, 0.25) is 0 Å². The van der Waals surface area contributed by atoms with Crippen molar-refractivity contribution in [1.29, 1.82) is 0 Å². The summed E-state index contributed by atoms with van der Waals surface area (Å²) in [7, 11) is 0. The van der Waals surface area contributed by atoms with Crippen molar-refractivity contribution in [1.82, 2.24) is 20.4 Å². The standard InChI is InChI=1S/C20H18N4O3S/c1-28-14-7-4-12(5-8-14)18(25)22-23-19(26)13-6-9-15-16(11-13)21-17-3-2-10-24(17)20(15)27/h4-9,11H,2-3,10H2,1H3,(H,22,25)(H,23,26). The SMILES string of the molecule is CSc1ccc(C(=O)NNC(=O)c2ccc3c(=O)n4c(nc3c2)CCC4)cc1. The highest BCUT2D eigenvalue weighted by molar-refractivity contribution is 7.98. The molecule has 0 spiro atoms. The van der Waals surface area contributed by atoms with Gasteiger partial charge in [0.05, 0.1) is 10.9 Å². The van der Waals surface area contributed by atoms with Crippen LogP contribution in [-0.4, -0.2) is 27.6 Å². The Balaban J connectivity index is 1.50. The normalized spacial score (nSPS) is 12.6. The highest BCUT2D eigenvalue weighted by atomic mass is 32.2. The van der Waals surface area contributed by atoms with E-state index in [9.17, 15) is 14.4 Å². The summed E-state index contributed by atoms with van der Waals surface area (Å²) < 4.78 is 1.69. The molecule has 1 aromatic heterocycles. The topological polar surface area (TPSA) is 93.1 Å². The fourth-order valence-electron chi connectivity index (χ4n) is 3.23. The van der Waals surface area contributed by atoms with Crippen LogP contribution in [0, 0.1) is 0 Å². The fraction of sp³-hybridized carbons (Fsp3) is 0.200. The Morgan fingerprint density at radius 1 is 1.04 bits per heavy atom. The van der Waals surface area contributed by atoms with Crippen LogP contribution in [-0.2, 0) is 13.0 Å². The van der Waals surface area contributed by atoms with Gasteiger partial charge in [-0.1, -0.05) is 0 Å². The Hall–Kier alpha value is -3.13. The maximum absolute atomic E-state index is 12.5. The number of aromatic nitrogens is 2. The van der Waals surface area contributed by atoms with Gasteiger partial charge in [-0.15, -0.1) is 11.8 Å². The lowest BCUT2D eigenvalue weighted by molar-refractivity contribution is 0.0846. The minimum atomic E-state index is -0.474. The summed E-state index contributed by atoms with van der Waals surface area (Å²) in [6.07, 6.45) is 3.61. The minimum Gasteiger partial charge on any atom is -0.296 e. The Bertz CT molecular complexity index is 1140. The van der Waals surface area contributed by atoms with Gasteiger partial charge in [-0.2, -0.15) is 0 Å². The molecule has 0 atom stereocenters. The summed E-state index contributed by atoms with van der Waals surface area (Å²) in [6, 6.07) is 11.8. The minimum absolute atomic E-state index is 0.0774. The summed E-state index contributed by atoms with van der Waals surface area (Å²) >= 11 is 1.58. The van der Waals surface area contributed by atoms with E-state index in [-0.39, 0.29) is 5.56 Å². The Kier molecular flexibility index (Phi) is 4.87. The molecule has 8 heteroatoms. The summed E-state index contributed by atoms with van der Waals surface area (Å²) in [5.41, 5.74) is 5.99. The van der Waals surface area contributed by atoms with Gasteiger partial charge in [0.25, 0.3) is 17.4 Å². The first-order chi connectivity index (χ1) is 13.6. The number of carbonyl (C=O) groups excluding carboxylic acids is 2. The fourth-order valence-corrected chi connectivity index (χ4v) is 3.63. The molecule has 0 unspecified atom stereocenters. The summed E-state index contributed by atoms with van der Waals surface area (Å²) in [5, 5.41) is 0.486. The van der Waals surface area contributed by atoms with Crippen LogP contribution in [0.25, 0.3) is 10.9 Å². The molecule has 1 aliphatic heterocycles. The van der Waals surface area contributed by atoms with Gasteiger partial charge >= 0.3 is 0 Å². The van der Waals surface area contributed by atoms with Gasteiger partial charge in [0.1, 0.15) is 5.82 Å². The van der Waals surface area contributed by atoms with Gasteiger partial charge in [-0.05, 0) is 55.1 Å². The van der Waals surface area contributed by atoms with Gasteiger partial charge in [-0.3, -0.25) is 29.8 Å². The van der Waals surface area contributed by atoms with Crippen LogP contribution in [0.2, 0.25) is 0 Å². The zero-order chi connectivity index (χ0) is 19.7. The van der Waals surface area contributed by atoms with Crippen molar-refractivity contribution >= 4 is 34.5 Å². The Morgan fingerprint density at radius 3 is 2.43 bits per heavy atom. The van der Waals surface area contributed by atoms with Crippen LogP contribution >= 0.6 is 11.8 Å². The molecule has 28 heavy (non-hydrogen) atoms. The first-order valence-electron chi connectivity index (χ1n) is 8.85. The quantitative estimate of drug-likeness (QED) is 0.524. The third-order valence-electron chi connectivity index (χ3n) is 4.72. The number of aryl methyl sites for hydroxylation is 1. The van der Waals surface area contributed by atoms with Gasteiger partial charge < -0.3 is 0 Å². The van der Waals surface area contributed by atoms with E-state index in [0.717, 1.165) is 23.6 Å². The molecule has 7 nitrogen and oxygen atoms in total. The highest BCUT2D eigenvalue weighted by Crippen LogP contribution is 2.16. The van der Waals surface area contributed by atoms with Crippen LogP contribution in [0.15, 0.2) is 52.2 Å². The molecule has 2 heterocycles. The van der Waals surface area contributed by atoms with Crippen LogP contribution in [0.3, 0.4) is 0 Å². The van der Waals surface area contributed by atoms with Crippen molar-refractivity contribution in [2.24, 2.45) is 0 Å². The number of hydrazine groups is 1. The average molecular weight is 394 g/mol. The van der Waals surface area contributed by atoms with Crippen LogP contribution in [0.5, 0.6) is 0 Å². The second-order valence-corrected chi connectivity index (χ2v) is 7.34. The zero-order valence-corrected chi connectivity index (χ0v) is 16.0. The van der Waals surface area contributed by atoms with Gasteiger partial charge in [0.15, 0.2) is 0 Å². The molecule has 0 saturated carbocycles. The maximum Gasteiger partial charge on any atom is 0.269 e. The Labute approximate surface area is 165 Å². The molecular formula is C20H18N4O3S. The molecule has 0 radical (unpaired) electrons. The van der Waals surface area contributed by atoms with Crippen LogP contribution in [0.4, 0.5) is 0 Å². The molecule has 3 aromatic rings. The third kappa shape index (κ3) is 3.38. The lowest BCUT2D eigenvalue weighted by atomic mass is 10.1. The van der Waals surface area contributed by atoms with E-state index in [1.165, 1.54) is 0 Å². The predicted octanol–water partition coefficient (Wildman–Crippen LogP) is 2.14. The molecule has 2 N–H and O–H groups in total. The molecule has 142 valence electrons. The van der Waals surface area contributed by atoms with Crippen molar-refractivity contribution in [3.8, 4) is 0 Å². The molecule has 4 rings (SSSR count). The molecule has 0 aliphatic carbocycles. The zero-order valence-electron chi connectivity index (χ0n) is 15.2. The van der Waals surface area contributed by atoms with E-state index in [1.54, 1.807) is 46.7 Å². The second kappa shape index (κ2) is 7.47. The number of carbonyl (C=O) groups is 2. The number of nitrogens with zero attached hydrogens (tertiary/aromatic N) is 2. The largest absolute Gasteiger partial charge is 0.296 e. The van der Waals surface area contributed by atoms with Crippen LogP contribution in [0.1, 0.15) is 33.0 Å². The van der Waals surface area contributed by atoms with E-state index in [1.807, 2.05) is 18.4 Å². The van der Waals surface area contributed by atoms with Gasteiger partial charge in [0, 0.05) is 29.0 Å². The lowest BCUT2D eigenvalue weighted by Gasteiger charge is -2.09. The number of thioether (sulfide) groups is 1. The van der Waals surface area contributed by atoms with Crippen LogP contribution < -0.4 is 16.4 Å². The number of nitrogens with one attached hydrogen (secondary N) is 2. The van der Waals surface area contributed by atoms with E-state index in [4.69, 9.17) is 0 Å². The van der Waals surface area contributed by atoms with Crippen molar-refractivity contribution in [3.63, 3.8) is 0 Å². The number of fused-ring (bicyclic) bond motifs is 2. The highest BCUT2D eigenvalue weighted by Gasteiger charge is 2.17. The first kappa shape index (κ1) is 18.2. The first-order valence-corrected chi connectivity index (χ1v) is 10.1. The summed E-state index contributed by atoms with van der Waals surface area (Å²) in [6.45, 7) is 0.684. The molecule has 2 aromatic carbocycles. The molecular weight excluding hydrogens is 376 g/mol. The van der Waals surface area contributed by atoms with E-state index in [2.05, 4.69) is 15.8 Å². The average Bonchev–Trinajstić information content (AvgIpc) is 3.20. The monoisotopic (exact) mass is 394 g/mol. The van der Waals surface area contributed by atoms with Gasteiger partial charge in [-0.25, -0.2) is 4.98 Å². The second-order valence-electron chi connectivity index (χ2n) is 6.46. The number of rotatable bonds is 3. The number of hydrogen-bond donors (Lipinski definition) is 2. The smallest absolute Gasteiger partial charge is 0.269 e. The van der Waals surface area contributed by atoms with Crippen molar-refractivity contribution in [2.75, 3.05) is 6.26 Å². The molecule has 1 aliphatic rings. The summed E-state index contributed by atoms with van der Waals surface area (Å²) in [4.78, 5) is 42.6. The Morgan fingerprint density at radius 2 is 1.71 bits per heavy atom. The lowest BCUT2D eigenvalue weighted by Crippen LogP contribution is -2.41. The molecule has 0 fully saturated rings. The van der Waals surface area contributed by atoms with Crippen molar-refractivity contribution in [3.05, 3.63) is 69.8 Å². The van der Waals surface area contributed by atoms with E-state index >= 15 is 0 Å². The summed E-state index contributed by atoms with van der Waals surface area (Å²) in [5.74, 6) is -0.133. The molecule has 2 amide bonds. The maximum atomic E-state index is 12.5. The number of benzene rings is 2. The third-order valence-corrected chi connectivity index (χ3v) is 5.46. The number of amides is 2. The number of hydrogen-bond acceptors (Lipinski definition) is 5. The predicted molar refractivity (Wildman–Crippen MR) is 107 cm³/mol. The molecule has 0 bridgehead atoms.